The van der Waals surface area contributed by atoms with Crippen LogP contribution in [0.5, 0.6) is 0 Å². The first-order valence-electron chi connectivity index (χ1n) is 9.07. The first-order chi connectivity index (χ1) is 12.1. The van der Waals surface area contributed by atoms with Gasteiger partial charge in [-0.1, -0.05) is 37.3 Å². The third-order valence-electron chi connectivity index (χ3n) is 4.62. The fraction of sp³-hybridized carbons (Fsp3) is 0.450. The standard InChI is InChI=1S/C20H26N4O/c1-3-17-13-19(22-15(2)21-17)23-18-11-12-24(14-18)20(25)10-9-16-7-5-4-6-8-16/h4-8,13,18H,3,9-12,14H2,1-2H3,(H,21,22,23). The van der Waals surface area contributed by atoms with Gasteiger partial charge in [0.2, 0.25) is 5.91 Å². The van der Waals surface area contributed by atoms with Crippen molar-refractivity contribution in [2.24, 2.45) is 0 Å². The summed E-state index contributed by atoms with van der Waals surface area (Å²) in [5.74, 6) is 1.89. The molecule has 1 fully saturated rings. The molecule has 132 valence electrons. The van der Waals surface area contributed by atoms with E-state index in [1.807, 2.05) is 36.1 Å². The Morgan fingerprint density at radius 3 is 2.84 bits per heavy atom. The van der Waals surface area contributed by atoms with Gasteiger partial charge in [0, 0.05) is 37.3 Å². The first-order valence-corrected chi connectivity index (χ1v) is 9.07. The molecule has 0 saturated carbocycles. The Kier molecular flexibility index (Phi) is 5.64. The molecule has 1 atom stereocenters. The zero-order chi connectivity index (χ0) is 17.6. The summed E-state index contributed by atoms with van der Waals surface area (Å²) >= 11 is 0. The Hall–Kier alpha value is -2.43. The molecule has 3 rings (SSSR count). The van der Waals surface area contributed by atoms with Crippen LogP contribution in [-0.2, 0) is 17.6 Å². The van der Waals surface area contributed by atoms with E-state index in [-0.39, 0.29) is 11.9 Å². The van der Waals surface area contributed by atoms with Crippen molar-refractivity contribution in [3.63, 3.8) is 0 Å². The number of aromatic nitrogens is 2. The van der Waals surface area contributed by atoms with Gasteiger partial charge < -0.3 is 10.2 Å². The van der Waals surface area contributed by atoms with Gasteiger partial charge in [0.1, 0.15) is 11.6 Å². The lowest BCUT2D eigenvalue weighted by molar-refractivity contribution is -0.130. The van der Waals surface area contributed by atoms with Gasteiger partial charge in [0.15, 0.2) is 0 Å². The molecule has 1 aliphatic heterocycles. The zero-order valence-electron chi connectivity index (χ0n) is 15.0. The van der Waals surface area contributed by atoms with E-state index in [9.17, 15) is 4.79 Å². The molecule has 5 heteroatoms. The topological polar surface area (TPSA) is 58.1 Å². The number of hydrogen-bond donors (Lipinski definition) is 1. The van der Waals surface area contributed by atoms with Crippen LogP contribution < -0.4 is 5.32 Å². The number of nitrogens with zero attached hydrogens (tertiary/aromatic N) is 3. The number of carbonyl (C=O) groups excluding carboxylic acids is 1. The summed E-state index contributed by atoms with van der Waals surface area (Å²) in [6, 6.07) is 12.5. The highest BCUT2D eigenvalue weighted by molar-refractivity contribution is 5.77. The molecule has 1 unspecified atom stereocenters. The maximum Gasteiger partial charge on any atom is 0.222 e. The highest BCUT2D eigenvalue weighted by Gasteiger charge is 2.26. The van der Waals surface area contributed by atoms with Crippen molar-refractivity contribution >= 4 is 11.7 Å². The van der Waals surface area contributed by atoms with Gasteiger partial charge in [-0.25, -0.2) is 9.97 Å². The second-order valence-electron chi connectivity index (χ2n) is 6.60. The number of anilines is 1. The molecule has 2 heterocycles. The summed E-state index contributed by atoms with van der Waals surface area (Å²) in [5.41, 5.74) is 2.26. The SMILES string of the molecule is CCc1cc(NC2CCN(C(=O)CCc3ccccc3)C2)nc(C)n1. The minimum Gasteiger partial charge on any atom is -0.365 e. The fourth-order valence-corrected chi connectivity index (χ4v) is 3.25. The number of carbonyl (C=O) groups is 1. The van der Waals surface area contributed by atoms with Crippen LogP contribution in [0, 0.1) is 6.92 Å². The summed E-state index contributed by atoms with van der Waals surface area (Å²) in [6.45, 7) is 5.57. The van der Waals surface area contributed by atoms with Crippen LogP contribution in [0.25, 0.3) is 0 Å². The molecule has 25 heavy (non-hydrogen) atoms. The van der Waals surface area contributed by atoms with E-state index in [0.717, 1.165) is 49.7 Å². The van der Waals surface area contributed by atoms with Gasteiger partial charge in [-0.2, -0.15) is 0 Å². The maximum absolute atomic E-state index is 12.4. The fourth-order valence-electron chi connectivity index (χ4n) is 3.25. The lowest BCUT2D eigenvalue weighted by Gasteiger charge is -2.18. The van der Waals surface area contributed by atoms with E-state index in [2.05, 4.69) is 34.3 Å². The number of amides is 1. The first kappa shape index (κ1) is 17.4. The van der Waals surface area contributed by atoms with Crippen molar-refractivity contribution < 1.29 is 4.79 Å². The average Bonchev–Trinajstić information content (AvgIpc) is 3.08. The molecule has 1 N–H and O–H groups in total. The Bertz CT molecular complexity index is 717. The highest BCUT2D eigenvalue weighted by Crippen LogP contribution is 2.17. The molecule has 1 saturated heterocycles. The van der Waals surface area contributed by atoms with E-state index in [1.54, 1.807) is 0 Å². The van der Waals surface area contributed by atoms with Gasteiger partial charge in [-0.05, 0) is 31.7 Å². The normalized spacial score (nSPS) is 16.9. The number of rotatable bonds is 6. The smallest absolute Gasteiger partial charge is 0.222 e. The summed E-state index contributed by atoms with van der Waals surface area (Å²) < 4.78 is 0. The van der Waals surface area contributed by atoms with E-state index in [0.29, 0.717) is 6.42 Å². The van der Waals surface area contributed by atoms with E-state index >= 15 is 0 Å². The molecular formula is C20H26N4O. The molecule has 0 aliphatic carbocycles. The van der Waals surface area contributed by atoms with E-state index in [1.165, 1.54) is 5.56 Å². The van der Waals surface area contributed by atoms with Gasteiger partial charge in [0.05, 0.1) is 0 Å². The Morgan fingerprint density at radius 1 is 1.28 bits per heavy atom. The van der Waals surface area contributed by atoms with Crippen LogP contribution in [0.3, 0.4) is 0 Å². The van der Waals surface area contributed by atoms with Crippen LogP contribution in [0.2, 0.25) is 0 Å². The molecule has 0 spiro atoms. The van der Waals surface area contributed by atoms with Crippen molar-refractivity contribution in [3.8, 4) is 0 Å². The molecule has 5 nitrogen and oxygen atoms in total. The van der Waals surface area contributed by atoms with Gasteiger partial charge in [-0.3, -0.25) is 4.79 Å². The number of nitrogens with one attached hydrogen (secondary N) is 1. The predicted octanol–water partition coefficient (Wildman–Crippen LogP) is 2.99. The lowest BCUT2D eigenvalue weighted by atomic mass is 10.1. The third kappa shape index (κ3) is 4.78. The highest BCUT2D eigenvalue weighted by atomic mass is 16.2. The number of likely N-dealkylation sites (tertiary alicyclic amines) is 1. The average molecular weight is 338 g/mol. The zero-order valence-corrected chi connectivity index (χ0v) is 15.0. The number of aryl methyl sites for hydroxylation is 3. The molecule has 1 aromatic carbocycles. The lowest BCUT2D eigenvalue weighted by Crippen LogP contribution is -2.31. The molecule has 1 aliphatic rings. The minimum atomic E-state index is 0.237. The molecular weight excluding hydrogens is 312 g/mol. The number of hydrogen-bond acceptors (Lipinski definition) is 4. The molecule has 2 aromatic rings. The molecule has 1 aromatic heterocycles. The van der Waals surface area contributed by atoms with Crippen LogP contribution >= 0.6 is 0 Å². The van der Waals surface area contributed by atoms with Crippen molar-refractivity contribution in [2.75, 3.05) is 18.4 Å². The molecule has 0 bridgehead atoms. The van der Waals surface area contributed by atoms with Crippen LogP contribution in [-0.4, -0.2) is 39.9 Å². The van der Waals surface area contributed by atoms with Crippen LogP contribution in [0.4, 0.5) is 5.82 Å². The van der Waals surface area contributed by atoms with Crippen molar-refractivity contribution in [1.82, 2.24) is 14.9 Å². The summed E-state index contributed by atoms with van der Waals surface area (Å²) in [5, 5.41) is 3.47. The van der Waals surface area contributed by atoms with Crippen molar-refractivity contribution in [2.45, 2.75) is 45.6 Å². The number of benzene rings is 1. The van der Waals surface area contributed by atoms with Crippen LogP contribution in [0.15, 0.2) is 36.4 Å². The Labute approximate surface area is 149 Å². The second-order valence-corrected chi connectivity index (χ2v) is 6.60. The monoisotopic (exact) mass is 338 g/mol. The van der Waals surface area contributed by atoms with Crippen molar-refractivity contribution in [3.05, 3.63) is 53.5 Å². The quantitative estimate of drug-likeness (QED) is 0.880. The predicted molar refractivity (Wildman–Crippen MR) is 99.5 cm³/mol. The Balaban J connectivity index is 1.51. The van der Waals surface area contributed by atoms with Gasteiger partial charge in [-0.15, -0.1) is 0 Å². The molecule has 0 radical (unpaired) electrons. The maximum atomic E-state index is 12.4. The third-order valence-corrected chi connectivity index (χ3v) is 4.62. The minimum absolute atomic E-state index is 0.237. The van der Waals surface area contributed by atoms with E-state index < -0.39 is 0 Å². The van der Waals surface area contributed by atoms with E-state index in [4.69, 9.17) is 0 Å². The summed E-state index contributed by atoms with van der Waals surface area (Å²) in [6.07, 6.45) is 3.23. The second kappa shape index (κ2) is 8.10. The molecule has 1 amide bonds. The Morgan fingerprint density at radius 2 is 2.08 bits per heavy atom. The van der Waals surface area contributed by atoms with Crippen molar-refractivity contribution in [1.29, 1.82) is 0 Å². The van der Waals surface area contributed by atoms with Gasteiger partial charge in [0.25, 0.3) is 0 Å². The summed E-state index contributed by atoms with van der Waals surface area (Å²) in [7, 11) is 0. The van der Waals surface area contributed by atoms with Gasteiger partial charge >= 0.3 is 0 Å². The van der Waals surface area contributed by atoms with Crippen LogP contribution in [0.1, 0.15) is 36.8 Å². The summed E-state index contributed by atoms with van der Waals surface area (Å²) in [4.78, 5) is 23.3. The largest absolute Gasteiger partial charge is 0.365 e.